The Morgan fingerprint density at radius 1 is 0.560 bits per heavy atom. The molecule has 4 heterocycles. The molecule has 0 atom stereocenters. The van der Waals surface area contributed by atoms with Gasteiger partial charge in [-0.05, 0) is 46.3 Å². The number of imidazole rings is 1. The van der Waals surface area contributed by atoms with E-state index in [0.717, 1.165) is 55.9 Å². The van der Waals surface area contributed by atoms with Crippen LogP contribution in [0, 0.1) is 18.3 Å². The van der Waals surface area contributed by atoms with E-state index in [1.807, 2.05) is 60.9 Å². The van der Waals surface area contributed by atoms with Gasteiger partial charge < -0.3 is 13.9 Å². The average molecular weight is 822 g/mol. The summed E-state index contributed by atoms with van der Waals surface area (Å²) in [5.74, 6) is 2.99. The van der Waals surface area contributed by atoms with Crippen molar-refractivity contribution in [2.24, 2.45) is 0 Å². The van der Waals surface area contributed by atoms with Crippen molar-refractivity contribution < 1.29 is 30.4 Å². The van der Waals surface area contributed by atoms with Gasteiger partial charge in [0, 0.05) is 55.4 Å². The molecule has 1 aliphatic rings. The molecule has 9 aromatic rings. The fourth-order valence-corrected chi connectivity index (χ4v) is 7.14. The molecule has 1 aliphatic heterocycles. The number of benzene rings is 6. The van der Waals surface area contributed by atoms with Crippen molar-refractivity contribution in [2.75, 3.05) is 0 Å². The Morgan fingerprint density at radius 2 is 1.24 bits per heavy atom. The van der Waals surface area contributed by atoms with Crippen molar-refractivity contribution in [3.8, 4) is 62.3 Å². The van der Waals surface area contributed by atoms with Crippen LogP contribution in [0.1, 0.15) is 0 Å². The first kappa shape index (κ1) is 30.1. The number of nitrogens with zero attached hydrogens (tertiary/aromatic N) is 4. The first-order chi connectivity index (χ1) is 24.3. The van der Waals surface area contributed by atoms with Crippen LogP contribution >= 0.6 is 0 Å². The summed E-state index contributed by atoms with van der Waals surface area (Å²) in [6.45, 7) is 0. The van der Waals surface area contributed by atoms with Gasteiger partial charge in [0.2, 0.25) is 0 Å². The largest absolute Gasteiger partial charge is 0.510 e. The molecule has 6 heteroatoms. The van der Waals surface area contributed by atoms with Crippen LogP contribution in [-0.4, -0.2) is 14.1 Å². The monoisotopic (exact) mass is 821 g/mol. The van der Waals surface area contributed by atoms with Crippen LogP contribution in [0.15, 0.2) is 158 Å². The summed E-state index contributed by atoms with van der Waals surface area (Å²) in [4.78, 5) is 4.65. The molecule has 0 spiro atoms. The second kappa shape index (κ2) is 12.1. The minimum Gasteiger partial charge on any atom is -0.510 e. The number of pyridine rings is 1. The topological polar surface area (TPSA) is 35.9 Å². The number of rotatable bonds is 4. The first-order valence-corrected chi connectivity index (χ1v) is 16.2. The normalized spacial score (nSPS) is 11.4. The summed E-state index contributed by atoms with van der Waals surface area (Å²) in [6.07, 6.45) is 7.35. The smallest absolute Gasteiger partial charge is 0.189 e. The number of hydrogen-bond donors (Lipinski definition) is 0. The minimum absolute atomic E-state index is 0. The molecule has 5 nitrogen and oxygen atoms in total. The molecule has 240 valence electrons. The Balaban J connectivity index is 0.00000336. The summed E-state index contributed by atoms with van der Waals surface area (Å²) in [5, 5.41) is 2.23. The standard InChI is InChI=1S/C44H26N4O.Pt/c1-2-15-34-33(14-1)35-16-3-4-19-39(35)44-46(26-27-47(44)40-20-7-5-17-36(34)40)30-12-11-13-31(28-30)49-32-23-24-38-37-18-6-8-21-41(37)48(42(38)29-32)43-22-9-10-25-45-43;/h1-25,27H;/q-2;. The maximum Gasteiger partial charge on any atom is 0.189 e. The Bertz CT molecular complexity index is 2710. The Labute approximate surface area is 303 Å². The van der Waals surface area contributed by atoms with Crippen molar-refractivity contribution >= 4 is 21.8 Å². The van der Waals surface area contributed by atoms with Crippen LogP contribution in [0.25, 0.3) is 72.6 Å². The molecule has 0 radical (unpaired) electrons. The summed E-state index contributed by atoms with van der Waals surface area (Å²) in [5.41, 5.74) is 9.71. The Kier molecular flexibility index (Phi) is 7.30. The molecule has 0 N–H and O–H groups in total. The fraction of sp³-hybridized carbons (Fsp3) is 0. The van der Waals surface area contributed by atoms with Gasteiger partial charge in [0.05, 0.1) is 12.4 Å². The molecule has 0 bridgehead atoms. The number of fused-ring (bicyclic) bond motifs is 11. The first-order valence-electron chi connectivity index (χ1n) is 16.2. The number of hydrogen-bond acceptors (Lipinski definition) is 2. The number of ether oxygens (including phenoxy) is 1. The third kappa shape index (κ3) is 4.74. The molecule has 0 aliphatic carbocycles. The molecule has 0 fully saturated rings. The molecule has 0 saturated heterocycles. The van der Waals surface area contributed by atoms with Crippen LogP contribution in [0.3, 0.4) is 0 Å². The van der Waals surface area contributed by atoms with Gasteiger partial charge in [-0.3, -0.25) is 4.57 Å². The summed E-state index contributed by atoms with van der Waals surface area (Å²) < 4.78 is 12.9. The van der Waals surface area contributed by atoms with Crippen molar-refractivity contribution in [1.82, 2.24) is 14.1 Å². The Morgan fingerprint density at radius 3 is 2.06 bits per heavy atom. The van der Waals surface area contributed by atoms with Crippen LogP contribution in [0.4, 0.5) is 0 Å². The van der Waals surface area contributed by atoms with Gasteiger partial charge in [-0.2, -0.15) is 24.3 Å². The molecule has 50 heavy (non-hydrogen) atoms. The van der Waals surface area contributed by atoms with Crippen LogP contribution in [0.2, 0.25) is 0 Å². The molecule has 0 amide bonds. The van der Waals surface area contributed by atoms with Crippen LogP contribution < -0.4 is 9.30 Å². The van der Waals surface area contributed by atoms with Crippen molar-refractivity contribution in [3.05, 3.63) is 176 Å². The number of aromatic nitrogens is 4. The third-order valence-corrected chi connectivity index (χ3v) is 9.24. The zero-order chi connectivity index (χ0) is 32.3. The van der Waals surface area contributed by atoms with E-state index in [9.17, 15) is 0 Å². The quantitative estimate of drug-likeness (QED) is 0.131. The molecule has 0 saturated carbocycles. The zero-order valence-electron chi connectivity index (χ0n) is 26.5. The predicted molar refractivity (Wildman–Crippen MR) is 192 cm³/mol. The molecule has 0 unspecified atom stereocenters. The molecule has 10 rings (SSSR count). The van der Waals surface area contributed by atoms with E-state index in [-0.39, 0.29) is 21.1 Å². The van der Waals surface area contributed by atoms with E-state index in [0.29, 0.717) is 11.5 Å². The van der Waals surface area contributed by atoms with Gasteiger partial charge in [0.25, 0.3) is 0 Å². The Hall–Kier alpha value is -6.03. The fourth-order valence-electron chi connectivity index (χ4n) is 7.14. The SMILES string of the molecule is [Pt].[c-]1c(Oc2[c-]c3c(cc2)c2ccccc2n3-c2ccccn2)cccc1-n1[c-]c[n+]2c1-c1ccccc1-c1ccccc1-c1ccccc1-2. The van der Waals surface area contributed by atoms with E-state index < -0.39 is 0 Å². The van der Waals surface area contributed by atoms with Gasteiger partial charge in [-0.1, -0.05) is 102 Å². The van der Waals surface area contributed by atoms with Gasteiger partial charge in [0.15, 0.2) is 5.82 Å². The minimum atomic E-state index is 0. The third-order valence-electron chi connectivity index (χ3n) is 9.24. The van der Waals surface area contributed by atoms with Gasteiger partial charge in [-0.15, -0.1) is 23.6 Å². The predicted octanol–water partition coefficient (Wildman–Crippen LogP) is 9.75. The summed E-state index contributed by atoms with van der Waals surface area (Å²) in [7, 11) is 0. The average Bonchev–Trinajstić information content (AvgIpc) is 3.74. The number of para-hydroxylation sites is 2. The molecular formula is C44H26N4OPt-2. The van der Waals surface area contributed by atoms with E-state index >= 15 is 0 Å². The van der Waals surface area contributed by atoms with E-state index in [4.69, 9.17) is 4.74 Å². The maximum atomic E-state index is 6.49. The molecule has 6 aromatic carbocycles. The summed E-state index contributed by atoms with van der Waals surface area (Å²) in [6, 6.07) is 57.1. The van der Waals surface area contributed by atoms with E-state index in [2.05, 4.69) is 134 Å². The van der Waals surface area contributed by atoms with Crippen molar-refractivity contribution in [2.45, 2.75) is 0 Å². The van der Waals surface area contributed by atoms with Gasteiger partial charge >= 0.3 is 0 Å². The molecule has 3 aromatic heterocycles. The summed E-state index contributed by atoms with van der Waals surface area (Å²) >= 11 is 0. The second-order valence-electron chi connectivity index (χ2n) is 12.0. The van der Waals surface area contributed by atoms with Gasteiger partial charge in [0.1, 0.15) is 11.5 Å². The van der Waals surface area contributed by atoms with E-state index in [1.165, 1.54) is 16.7 Å². The second-order valence-corrected chi connectivity index (χ2v) is 12.0. The zero-order valence-corrected chi connectivity index (χ0v) is 28.8. The van der Waals surface area contributed by atoms with Crippen LogP contribution in [-0.2, 0) is 21.1 Å². The maximum absolute atomic E-state index is 6.49. The van der Waals surface area contributed by atoms with Gasteiger partial charge in [-0.25, -0.2) is 4.98 Å². The molecular weight excluding hydrogens is 796 g/mol. The van der Waals surface area contributed by atoms with Crippen LogP contribution in [0.5, 0.6) is 11.5 Å². The van der Waals surface area contributed by atoms with E-state index in [1.54, 1.807) is 0 Å². The van der Waals surface area contributed by atoms with Crippen molar-refractivity contribution in [3.63, 3.8) is 0 Å². The van der Waals surface area contributed by atoms with Crippen molar-refractivity contribution in [1.29, 1.82) is 0 Å².